The number of fused-ring (bicyclic) bond motifs is 2. The molecular formula is C19H24N4. The Morgan fingerprint density at radius 1 is 0.652 bits per heavy atom. The highest BCUT2D eigenvalue weighted by molar-refractivity contribution is 5.76. The molecule has 2 aromatic rings. The second-order valence-corrected chi connectivity index (χ2v) is 6.54. The van der Waals surface area contributed by atoms with E-state index in [9.17, 15) is 0 Å². The van der Waals surface area contributed by atoms with Crippen LogP contribution in [0, 0.1) is 0 Å². The molecule has 0 fully saturated rings. The lowest BCUT2D eigenvalue weighted by Crippen LogP contribution is -2.33. The van der Waals surface area contributed by atoms with Crippen LogP contribution >= 0.6 is 0 Å². The summed E-state index contributed by atoms with van der Waals surface area (Å²) in [6, 6.07) is 17.4. The number of anilines is 4. The van der Waals surface area contributed by atoms with E-state index >= 15 is 0 Å². The Hall–Kier alpha value is -2.36. The van der Waals surface area contributed by atoms with Gasteiger partial charge in [-0.1, -0.05) is 24.3 Å². The summed E-state index contributed by atoms with van der Waals surface area (Å²) in [6.45, 7) is 4.19. The van der Waals surface area contributed by atoms with Crippen molar-refractivity contribution in [2.45, 2.75) is 6.42 Å². The van der Waals surface area contributed by atoms with Gasteiger partial charge in [0.2, 0.25) is 0 Å². The molecule has 120 valence electrons. The molecule has 0 unspecified atom stereocenters. The molecule has 2 aliphatic rings. The van der Waals surface area contributed by atoms with Crippen molar-refractivity contribution in [1.29, 1.82) is 0 Å². The van der Waals surface area contributed by atoms with E-state index in [1.165, 1.54) is 29.2 Å². The Balaban J connectivity index is 1.39. The van der Waals surface area contributed by atoms with Gasteiger partial charge in [-0.25, -0.2) is 0 Å². The molecule has 0 bridgehead atoms. The van der Waals surface area contributed by atoms with Gasteiger partial charge in [-0.05, 0) is 30.7 Å². The van der Waals surface area contributed by atoms with Crippen LogP contribution in [-0.4, -0.2) is 40.5 Å². The van der Waals surface area contributed by atoms with Crippen LogP contribution in [0.3, 0.4) is 0 Å². The van der Waals surface area contributed by atoms with Gasteiger partial charge in [-0.3, -0.25) is 0 Å². The first-order valence-corrected chi connectivity index (χ1v) is 8.34. The van der Waals surface area contributed by atoms with Crippen LogP contribution in [0.15, 0.2) is 48.5 Å². The monoisotopic (exact) mass is 308 g/mol. The summed E-state index contributed by atoms with van der Waals surface area (Å²) in [6.07, 6.45) is 1.17. The Morgan fingerprint density at radius 2 is 1.04 bits per heavy atom. The van der Waals surface area contributed by atoms with E-state index < -0.39 is 0 Å². The van der Waals surface area contributed by atoms with E-state index in [0.717, 1.165) is 26.4 Å². The maximum Gasteiger partial charge on any atom is 0.0901 e. The third-order valence-electron chi connectivity index (χ3n) is 4.89. The molecule has 0 N–H and O–H groups in total. The van der Waals surface area contributed by atoms with E-state index in [1.54, 1.807) is 0 Å². The minimum absolute atomic E-state index is 0.996. The highest BCUT2D eigenvalue weighted by Gasteiger charge is 2.24. The zero-order valence-corrected chi connectivity index (χ0v) is 13.9. The quantitative estimate of drug-likeness (QED) is 0.860. The van der Waals surface area contributed by atoms with Gasteiger partial charge in [-0.15, -0.1) is 0 Å². The Morgan fingerprint density at radius 3 is 1.48 bits per heavy atom. The van der Waals surface area contributed by atoms with Gasteiger partial charge >= 0.3 is 0 Å². The maximum absolute atomic E-state index is 2.49. The summed E-state index contributed by atoms with van der Waals surface area (Å²) in [7, 11) is 4.34. The predicted octanol–water partition coefficient (Wildman–Crippen LogP) is 3.20. The van der Waals surface area contributed by atoms with Crippen molar-refractivity contribution in [3.8, 4) is 0 Å². The molecule has 0 spiro atoms. The molecule has 2 heterocycles. The van der Waals surface area contributed by atoms with Gasteiger partial charge in [-0.2, -0.15) is 0 Å². The Bertz CT molecular complexity index is 640. The molecule has 4 rings (SSSR count). The highest BCUT2D eigenvalue weighted by Crippen LogP contribution is 2.36. The normalized spacial score (nSPS) is 16.1. The van der Waals surface area contributed by atoms with E-state index in [0.29, 0.717) is 0 Å². The zero-order chi connectivity index (χ0) is 15.8. The van der Waals surface area contributed by atoms with Crippen LogP contribution in [0.1, 0.15) is 6.42 Å². The van der Waals surface area contributed by atoms with Crippen LogP contribution in [0.4, 0.5) is 22.7 Å². The number of nitrogens with zero attached hydrogens (tertiary/aromatic N) is 4. The molecule has 0 atom stereocenters. The molecule has 0 aliphatic carbocycles. The van der Waals surface area contributed by atoms with Gasteiger partial charge in [0.25, 0.3) is 0 Å². The van der Waals surface area contributed by atoms with Gasteiger partial charge in [0.15, 0.2) is 0 Å². The summed E-state index contributed by atoms with van der Waals surface area (Å²) < 4.78 is 0. The fraction of sp³-hybridized carbons (Fsp3) is 0.368. The summed E-state index contributed by atoms with van der Waals surface area (Å²) >= 11 is 0. The van der Waals surface area contributed by atoms with Gasteiger partial charge in [0, 0.05) is 27.2 Å². The molecule has 2 aliphatic heterocycles. The average Bonchev–Trinajstić information content (AvgIpc) is 3.07. The lowest BCUT2D eigenvalue weighted by atomic mass is 10.2. The lowest BCUT2D eigenvalue weighted by Gasteiger charge is -2.23. The van der Waals surface area contributed by atoms with Crippen molar-refractivity contribution in [1.82, 2.24) is 0 Å². The number of benzene rings is 2. The van der Waals surface area contributed by atoms with Crippen LogP contribution in [0.5, 0.6) is 0 Å². The largest absolute Gasteiger partial charge is 0.355 e. The van der Waals surface area contributed by atoms with Crippen molar-refractivity contribution >= 4 is 22.7 Å². The van der Waals surface area contributed by atoms with E-state index in [4.69, 9.17) is 0 Å². The van der Waals surface area contributed by atoms with Crippen molar-refractivity contribution < 1.29 is 0 Å². The van der Waals surface area contributed by atoms with Crippen LogP contribution in [0.25, 0.3) is 0 Å². The van der Waals surface area contributed by atoms with Crippen molar-refractivity contribution in [2.24, 2.45) is 0 Å². The third-order valence-corrected chi connectivity index (χ3v) is 4.89. The number of rotatable bonds is 4. The van der Waals surface area contributed by atoms with Gasteiger partial charge < -0.3 is 19.6 Å². The zero-order valence-electron chi connectivity index (χ0n) is 13.9. The standard InChI is InChI=1S/C19H24N4/c1-20-14-22(18-10-5-3-8-16(18)20)12-7-13-23-15-21(2)17-9-4-6-11-19(17)23/h3-6,8-11H,7,12-15H2,1-2H3. The van der Waals surface area contributed by atoms with Gasteiger partial charge in [0.1, 0.15) is 0 Å². The maximum atomic E-state index is 2.49. The number of hydrogen-bond donors (Lipinski definition) is 0. The van der Waals surface area contributed by atoms with E-state index in [2.05, 4.69) is 82.2 Å². The highest BCUT2D eigenvalue weighted by atomic mass is 15.4. The fourth-order valence-corrected chi connectivity index (χ4v) is 3.76. The molecule has 0 radical (unpaired) electrons. The number of hydrogen-bond acceptors (Lipinski definition) is 4. The van der Waals surface area contributed by atoms with Crippen molar-refractivity contribution in [3.63, 3.8) is 0 Å². The minimum Gasteiger partial charge on any atom is -0.355 e. The van der Waals surface area contributed by atoms with Crippen LogP contribution in [0.2, 0.25) is 0 Å². The smallest absolute Gasteiger partial charge is 0.0901 e. The van der Waals surface area contributed by atoms with E-state index in [-0.39, 0.29) is 0 Å². The molecule has 0 amide bonds. The molecule has 0 saturated heterocycles. The third kappa shape index (κ3) is 2.48. The second-order valence-electron chi connectivity index (χ2n) is 6.54. The molecule has 4 heteroatoms. The molecule has 4 nitrogen and oxygen atoms in total. The SMILES string of the molecule is CN1CN(CCCN2CN(C)c3ccccc32)c2ccccc21. The molecule has 0 aromatic heterocycles. The van der Waals surface area contributed by atoms with E-state index in [1.807, 2.05) is 0 Å². The Labute approximate surface area is 138 Å². The summed E-state index contributed by atoms with van der Waals surface area (Å²) in [5.41, 5.74) is 5.43. The van der Waals surface area contributed by atoms with Crippen molar-refractivity contribution in [2.75, 3.05) is 60.1 Å². The Kier molecular flexibility index (Phi) is 3.52. The lowest BCUT2D eigenvalue weighted by molar-refractivity contribution is 0.709. The summed E-state index contributed by atoms with van der Waals surface area (Å²) in [4.78, 5) is 9.63. The fourth-order valence-electron chi connectivity index (χ4n) is 3.76. The molecular weight excluding hydrogens is 284 g/mol. The summed E-state index contributed by atoms with van der Waals surface area (Å²) in [5, 5.41) is 0. The van der Waals surface area contributed by atoms with Crippen LogP contribution in [-0.2, 0) is 0 Å². The van der Waals surface area contributed by atoms with Gasteiger partial charge in [0.05, 0.1) is 36.1 Å². The van der Waals surface area contributed by atoms with Crippen molar-refractivity contribution in [3.05, 3.63) is 48.5 Å². The van der Waals surface area contributed by atoms with Crippen LogP contribution < -0.4 is 19.6 Å². The predicted molar refractivity (Wildman–Crippen MR) is 98.7 cm³/mol. The second kappa shape index (κ2) is 5.69. The number of para-hydroxylation sites is 4. The molecule has 0 saturated carbocycles. The average molecular weight is 308 g/mol. The first kappa shape index (κ1) is 14.2. The minimum atomic E-state index is 0.996. The first-order valence-electron chi connectivity index (χ1n) is 8.34. The first-order chi connectivity index (χ1) is 11.2. The molecule has 2 aromatic carbocycles. The summed E-state index contributed by atoms with van der Waals surface area (Å²) in [5.74, 6) is 0. The topological polar surface area (TPSA) is 13.0 Å². The molecule has 23 heavy (non-hydrogen) atoms.